The fourth-order valence-corrected chi connectivity index (χ4v) is 2.45. The quantitative estimate of drug-likeness (QED) is 0.598. The number of rotatable bonds is 8. The Labute approximate surface area is 122 Å². The first-order valence-electron chi connectivity index (χ1n) is 7.75. The van der Waals surface area contributed by atoms with Crippen LogP contribution < -0.4 is 10.6 Å². The van der Waals surface area contributed by atoms with Crippen LogP contribution in [0.3, 0.4) is 0 Å². The van der Waals surface area contributed by atoms with Crippen molar-refractivity contribution in [3.05, 3.63) is 0 Å². The molecule has 5 heteroatoms. The predicted octanol–water partition coefficient (Wildman–Crippen LogP) is 2.04. The zero-order valence-electron chi connectivity index (χ0n) is 13.2. The summed E-state index contributed by atoms with van der Waals surface area (Å²) in [5.41, 5.74) is -0.0357. The van der Waals surface area contributed by atoms with Gasteiger partial charge in [-0.05, 0) is 19.3 Å². The third-order valence-corrected chi connectivity index (χ3v) is 4.35. The van der Waals surface area contributed by atoms with Crippen molar-refractivity contribution in [2.75, 3.05) is 13.2 Å². The van der Waals surface area contributed by atoms with Gasteiger partial charge in [0.1, 0.15) is 0 Å². The molecule has 5 nitrogen and oxygen atoms in total. The van der Waals surface area contributed by atoms with Crippen molar-refractivity contribution < 1.29 is 14.6 Å². The van der Waals surface area contributed by atoms with Crippen molar-refractivity contribution in [2.24, 2.45) is 5.41 Å². The van der Waals surface area contributed by atoms with Crippen molar-refractivity contribution in [1.29, 1.82) is 0 Å². The Hall–Kier alpha value is -0.810. The van der Waals surface area contributed by atoms with E-state index < -0.39 is 0 Å². The average molecular weight is 286 g/mol. The number of nitrogens with one attached hydrogen (secondary N) is 2. The van der Waals surface area contributed by atoms with Crippen LogP contribution in [-0.2, 0) is 4.74 Å². The summed E-state index contributed by atoms with van der Waals surface area (Å²) in [6, 6.07) is -0.240. The lowest BCUT2D eigenvalue weighted by molar-refractivity contribution is -0.114. The Morgan fingerprint density at radius 2 is 2.15 bits per heavy atom. The van der Waals surface area contributed by atoms with Gasteiger partial charge in [0.2, 0.25) is 0 Å². The van der Waals surface area contributed by atoms with Crippen LogP contribution in [0.4, 0.5) is 4.79 Å². The molecule has 0 aliphatic heterocycles. The average Bonchev–Trinajstić information content (AvgIpc) is 2.43. The molecule has 1 aliphatic rings. The highest BCUT2D eigenvalue weighted by Gasteiger charge is 2.49. The van der Waals surface area contributed by atoms with Crippen LogP contribution in [0.5, 0.6) is 0 Å². The molecule has 1 fully saturated rings. The summed E-state index contributed by atoms with van der Waals surface area (Å²) >= 11 is 0. The van der Waals surface area contributed by atoms with E-state index in [0.29, 0.717) is 0 Å². The van der Waals surface area contributed by atoms with E-state index in [1.165, 1.54) is 0 Å². The molecule has 1 saturated carbocycles. The van der Waals surface area contributed by atoms with Crippen molar-refractivity contribution in [3.63, 3.8) is 0 Å². The monoisotopic (exact) mass is 286 g/mol. The number of urea groups is 1. The second kappa shape index (κ2) is 7.84. The minimum absolute atomic E-state index is 0.0271. The predicted molar refractivity (Wildman–Crippen MR) is 79.7 cm³/mol. The number of carbonyl (C=O) groups is 1. The van der Waals surface area contributed by atoms with Crippen LogP contribution in [0.1, 0.15) is 53.4 Å². The maximum Gasteiger partial charge on any atom is 0.315 e. The van der Waals surface area contributed by atoms with Crippen molar-refractivity contribution in [3.8, 4) is 0 Å². The van der Waals surface area contributed by atoms with Gasteiger partial charge in [0.25, 0.3) is 0 Å². The van der Waals surface area contributed by atoms with Gasteiger partial charge in [-0.2, -0.15) is 0 Å². The van der Waals surface area contributed by atoms with Gasteiger partial charge < -0.3 is 20.5 Å². The SMILES string of the molecule is CCCCOC1CC(NC(=O)NC(CC)CO)C1(C)C. The summed E-state index contributed by atoms with van der Waals surface area (Å²) < 4.78 is 5.86. The molecule has 0 spiro atoms. The van der Waals surface area contributed by atoms with Crippen LogP contribution in [0.2, 0.25) is 0 Å². The van der Waals surface area contributed by atoms with Gasteiger partial charge in [-0.15, -0.1) is 0 Å². The molecule has 3 atom stereocenters. The molecule has 0 aromatic heterocycles. The number of ether oxygens (including phenoxy) is 1. The zero-order valence-corrected chi connectivity index (χ0v) is 13.2. The lowest BCUT2D eigenvalue weighted by Gasteiger charge is -2.51. The molecule has 0 aromatic rings. The number of amides is 2. The van der Waals surface area contributed by atoms with Crippen molar-refractivity contribution in [1.82, 2.24) is 10.6 Å². The second-order valence-corrected chi connectivity index (χ2v) is 6.23. The molecule has 20 heavy (non-hydrogen) atoms. The molecule has 0 saturated heterocycles. The minimum Gasteiger partial charge on any atom is -0.394 e. The van der Waals surface area contributed by atoms with E-state index in [-0.39, 0.29) is 36.2 Å². The molecule has 118 valence electrons. The molecule has 1 aliphatic carbocycles. The van der Waals surface area contributed by atoms with E-state index in [4.69, 9.17) is 9.84 Å². The molecule has 2 amide bonds. The van der Waals surface area contributed by atoms with E-state index in [1.54, 1.807) is 0 Å². The van der Waals surface area contributed by atoms with Crippen molar-refractivity contribution >= 4 is 6.03 Å². The lowest BCUT2D eigenvalue weighted by Crippen LogP contribution is -2.63. The molecular weight excluding hydrogens is 256 g/mol. The van der Waals surface area contributed by atoms with Gasteiger partial charge in [-0.1, -0.05) is 34.1 Å². The largest absolute Gasteiger partial charge is 0.394 e. The normalized spacial score (nSPS) is 25.6. The first-order chi connectivity index (χ1) is 9.45. The number of hydrogen-bond donors (Lipinski definition) is 3. The number of unbranched alkanes of at least 4 members (excludes halogenated alkanes) is 1. The molecule has 3 N–H and O–H groups in total. The summed E-state index contributed by atoms with van der Waals surface area (Å²) in [4.78, 5) is 11.9. The first kappa shape index (κ1) is 17.2. The van der Waals surface area contributed by atoms with Crippen LogP contribution in [0.25, 0.3) is 0 Å². The molecule has 1 rings (SSSR count). The van der Waals surface area contributed by atoms with Gasteiger partial charge in [0.05, 0.1) is 18.8 Å². The molecule has 0 bridgehead atoms. The highest BCUT2D eigenvalue weighted by atomic mass is 16.5. The Morgan fingerprint density at radius 3 is 2.65 bits per heavy atom. The van der Waals surface area contributed by atoms with Crippen LogP contribution >= 0.6 is 0 Å². The standard InChI is InChI=1S/C15H30N2O3/c1-5-7-8-20-13-9-12(15(13,3)4)17-14(19)16-11(6-2)10-18/h11-13,18H,5-10H2,1-4H3,(H2,16,17,19). The van der Waals surface area contributed by atoms with Crippen molar-refractivity contribution in [2.45, 2.75) is 71.6 Å². The summed E-state index contributed by atoms with van der Waals surface area (Å²) in [5.74, 6) is 0. The van der Waals surface area contributed by atoms with E-state index in [2.05, 4.69) is 31.4 Å². The number of carbonyl (C=O) groups excluding carboxylic acids is 1. The number of hydrogen-bond acceptors (Lipinski definition) is 3. The summed E-state index contributed by atoms with van der Waals surface area (Å²) in [5, 5.41) is 14.8. The van der Waals surface area contributed by atoms with Crippen LogP contribution in [0.15, 0.2) is 0 Å². The topological polar surface area (TPSA) is 70.6 Å². The zero-order chi connectivity index (χ0) is 15.2. The number of aliphatic hydroxyl groups is 1. The van der Waals surface area contributed by atoms with Gasteiger partial charge in [-0.3, -0.25) is 0 Å². The van der Waals surface area contributed by atoms with Gasteiger partial charge >= 0.3 is 6.03 Å². The smallest absolute Gasteiger partial charge is 0.315 e. The van der Waals surface area contributed by atoms with E-state index >= 15 is 0 Å². The highest BCUT2D eigenvalue weighted by molar-refractivity contribution is 5.74. The maximum absolute atomic E-state index is 11.9. The molecule has 0 radical (unpaired) electrons. The van der Waals surface area contributed by atoms with Gasteiger partial charge in [0.15, 0.2) is 0 Å². The van der Waals surface area contributed by atoms with Crippen LogP contribution in [-0.4, -0.2) is 42.5 Å². The first-order valence-corrected chi connectivity index (χ1v) is 7.75. The van der Waals surface area contributed by atoms with E-state index in [1.807, 2.05) is 6.92 Å². The van der Waals surface area contributed by atoms with Gasteiger partial charge in [-0.25, -0.2) is 4.79 Å². The highest BCUT2D eigenvalue weighted by Crippen LogP contribution is 2.42. The third kappa shape index (κ3) is 4.35. The maximum atomic E-state index is 11.9. The van der Waals surface area contributed by atoms with Crippen LogP contribution in [0, 0.1) is 5.41 Å². The summed E-state index contributed by atoms with van der Waals surface area (Å²) in [6.45, 7) is 9.11. The second-order valence-electron chi connectivity index (χ2n) is 6.23. The van der Waals surface area contributed by atoms with Gasteiger partial charge in [0, 0.05) is 18.1 Å². The summed E-state index contributed by atoms with van der Waals surface area (Å²) in [7, 11) is 0. The fraction of sp³-hybridized carbons (Fsp3) is 0.933. The molecular formula is C15H30N2O3. The Kier molecular flexibility index (Phi) is 6.76. The molecule has 0 aromatic carbocycles. The fourth-order valence-electron chi connectivity index (χ4n) is 2.45. The van der Waals surface area contributed by atoms with E-state index in [0.717, 1.165) is 32.3 Å². The van der Waals surface area contributed by atoms with E-state index in [9.17, 15) is 4.79 Å². The lowest BCUT2D eigenvalue weighted by atomic mass is 9.64. The minimum atomic E-state index is -0.198. The summed E-state index contributed by atoms with van der Waals surface area (Å²) in [6.07, 6.45) is 4.02. The third-order valence-electron chi connectivity index (χ3n) is 4.35. The number of aliphatic hydroxyl groups excluding tert-OH is 1. The Balaban J connectivity index is 2.34. The Bertz CT molecular complexity index is 303. The Morgan fingerprint density at radius 1 is 1.45 bits per heavy atom. The molecule has 3 unspecified atom stereocenters. The molecule has 0 heterocycles.